The van der Waals surface area contributed by atoms with E-state index < -0.39 is 29.7 Å². The number of ether oxygens (including phenoxy) is 3. The van der Waals surface area contributed by atoms with Gasteiger partial charge >= 0.3 is 5.97 Å². The molecule has 0 saturated carbocycles. The Labute approximate surface area is 208 Å². The van der Waals surface area contributed by atoms with Crippen molar-refractivity contribution in [2.45, 2.75) is 40.2 Å². The van der Waals surface area contributed by atoms with Gasteiger partial charge in [0.05, 0.1) is 26.2 Å². The molecule has 0 bridgehead atoms. The van der Waals surface area contributed by atoms with E-state index in [4.69, 9.17) is 18.7 Å². The van der Waals surface area contributed by atoms with Crippen molar-refractivity contribution in [3.05, 3.63) is 47.8 Å². The van der Waals surface area contributed by atoms with Crippen LogP contribution >= 0.6 is 0 Å². The molecule has 3 rings (SSSR count). The maximum Gasteiger partial charge on any atom is 0.313 e. The highest BCUT2D eigenvalue weighted by atomic mass is 19.1. The van der Waals surface area contributed by atoms with Crippen LogP contribution in [0.4, 0.5) is 4.39 Å². The molecular weight excluding hydrogens is 471 g/mol. The van der Waals surface area contributed by atoms with E-state index in [0.29, 0.717) is 12.0 Å². The first kappa shape index (κ1) is 26.6. The summed E-state index contributed by atoms with van der Waals surface area (Å²) in [6.45, 7) is 7.30. The molecule has 0 radical (unpaired) electrons. The standard InChI is InChI=1S/C25H29FN4O6/c1-13(2)11-17(22-29-24(36-30-22)15-7-8-16(26)19(12-15)34-6)28-23(31)20-21(35-25(32)14(3)4)18(33-5)9-10-27-20/h7-10,12-14,17H,11H2,1-6H3,(H,28,31)/t17-/m0/s1. The summed E-state index contributed by atoms with van der Waals surface area (Å²) in [6.07, 6.45) is 1.86. The van der Waals surface area contributed by atoms with Crippen LogP contribution in [-0.4, -0.2) is 41.2 Å². The molecule has 0 unspecified atom stereocenters. The summed E-state index contributed by atoms with van der Waals surface area (Å²) in [5.74, 6) is -1.44. The third kappa shape index (κ3) is 6.15. The van der Waals surface area contributed by atoms with E-state index >= 15 is 0 Å². The van der Waals surface area contributed by atoms with Crippen LogP contribution in [0, 0.1) is 17.7 Å². The number of nitrogens with zero attached hydrogens (tertiary/aromatic N) is 3. The lowest BCUT2D eigenvalue weighted by atomic mass is 10.0. The number of pyridine rings is 1. The monoisotopic (exact) mass is 500 g/mol. The van der Waals surface area contributed by atoms with Gasteiger partial charge in [0.2, 0.25) is 5.75 Å². The van der Waals surface area contributed by atoms with Crippen LogP contribution in [-0.2, 0) is 4.79 Å². The molecule has 3 aromatic rings. The van der Waals surface area contributed by atoms with Crippen molar-refractivity contribution in [1.29, 1.82) is 0 Å². The second-order valence-corrected chi connectivity index (χ2v) is 8.73. The zero-order valence-corrected chi connectivity index (χ0v) is 21.0. The van der Waals surface area contributed by atoms with Gasteiger partial charge in [-0.25, -0.2) is 9.37 Å². The van der Waals surface area contributed by atoms with Gasteiger partial charge in [0, 0.05) is 17.8 Å². The first-order valence-electron chi connectivity index (χ1n) is 11.4. The van der Waals surface area contributed by atoms with Gasteiger partial charge < -0.3 is 24.1 Å². The first-order chi connectivity index (χ1) is 17.1. The van der Waals surface area contributed by atoms with Crippen LogP contribution in [0.15, 0.2) is 35.0 Å². The molecule has 2 aromatic heterocycles. The lowest BCUT2D eigenvalue weighted by molar-refractivity contribution is -0.137. The maximum atomic E-state index is 13.8. The Hall–Kier alpha value is -4.02. The van der Waals surface area contributed by atoms with Crippen molar-refractivity contribution in [2.24, 2.45) is 11.8 Å². The summed E-state index contributed by atoms with van der Waals surface area (Å²) >= 11 is 0. The fourth-order valence-corrected chi connectivity index (χ4v) is 3.28. The molecule has 0 saturated heterocycles. The van der Waals surface area contributed by atoms with E-state index in [1.54, 1.807) is 13.8 Å². The molecule has 1 aromatic carbocycles. The number of aromatic nitrogens is 3. The van der Waals surface area contributed by atoms with Crippen LogP contribution in [0.1, 0.15) is 56.5 Å². The number of nitrogens with one attached hydrogen (secondary N) is 1. The zero-order chi connectivity index (χ0) is 26.4. The number of methoxy groups -OCH3 is 2. The largest absolute Gasteiger partial charge is 0.494 e. The van der Waals surface area contributed by atoms with E-state index in [1.807, 2.05) is 13.8 Å². The molecule has 36 heavy (non-hydrogen) atoms. The number of hydrogen-bond acceptors (Lipinski definition) is 9. The predicted octanol–water partition coefficient (Wildman–Crippen LogP) is 4.37. The summed E-state index contributed by atoms with van der Waals surface area (Å²) in [6, 6.07) is 5.01. The average Bonchev–Trinajstić information content (AvgIpc) is 3.34. The summed E-state index contributed by atoms with van der Waals surface area (Å²) in [7, 11) is 2.76. The van der Waals surface area contributed by atoms with E-state index in [0.717, 1.165) is 0 Å². The smallest absolute Gasteiger partial charge is 0.313 e. The number of halogens is 1. The van der Waals surface area contributed by atoms with Gasteiger partial charge in [-0.1, -0.05) is 32.9 Å². The van der Waals surface area contributed by atoms with Gasteiger partial charge in [-0.05, 0) is 30.5 Å². The van der Waals surface area contributed by atoms with Gasteiger partial charge in [0.25, 0.3) is 11.8 Å². The second kappa shape index (κ2) is 11.6. The number of amides is 1. The molecule has 0 fully saturated rings. The molecule has 192 valence electrons. The molecule has 1 atom stereocenters. The van der Waals surface area contributed by atoms with Crippen LogP contribution in [0.2, 0.25) is 0 Å². The minimum Gasteiger partial charge on any atom is -0.494 e. The van der Waals surface area contributed by atoms with Crippen molar-refractivity contribution in [1.82, 2.24) is 20.4 Å². The van der Waals surface area contributed by atoms with Crippen molar-refractivity contribution < 1.29 is 32.7 Å². The second-order valence-electron chi connectivity index (χ2n) is 8.73. The number of carbonyl (C=O) groups excluding carboxylic acids is 2. The van der Waals surface area contributed by atoms with Crippen LogP contribution in [0.5, 0.6) is 17.2 Å². The SMILES string of the molecule is COc1cc(-c2nc([C@H](CC(C)C)NC(=O)c3nccc(OC)c3OC(=O)C(C)C)no2)ccc1F. The Balaban J connectivity index is 1.92. The van der Waals surface area contributed by atoms with Crippen molar-refractivity contribution >= 4 is 11.9 Å². The molecule has 1 amide bonds. The van der Waals surface area contributed by atoms with Crippen LogP contribution in [0.25, 0.3) is 11.5 Å². The number of hydrogen-bond donors (Lipinski definition) is 1. The molecule has 0 aliphatic heterocycles. The van der Waals surface area contributed by atoms with Gasteiger partial charge in [-0.15, -0.1) is 0 Å². The topological polar surface area (TPSA) is 126 Å². The third-order valence-electron chi connectivity index (χ3n) is 5.14. The number of carbonyl (C=O) groups is 2. The Morgan fingerprint density at radius 3 is 2.44 bits per heavy atom. The lowest BCUT2D eigenvalue weighted by Gasteiger charge is -2.19. The van der Waals surface area contributed by atoms with E-state index in [1.165, 1.54) is 44.7 Å². The Morgan fingerprint density at radius 2 is 1.81 bits per heavy atom. The summed E-state index contributed by atoms with van der Waals surface area (Å²) < 4.78 is 34.9. The highest BCUT2D eigenvalue weighted by Crippen LogP contribution is 2.32. The molecule has 0 spiro atoms. The fourth-order valence-electron chi connectivity index (χ4n) is 3.28. The summed E-state index contributed by atoms with van der Waals surface area (Å²) in [5, 5.41) is 6.89. The Bertz CT molecular complexity index is 1230. The van der Waals surface area contributed by atoms with E-state index in [9.17, 15) is 14.0 Å². The van der Waals surface area contributed by atoms with E-state index in [2.05, 4.69) is 20.4 Å². The van der Waals surface area contributed by atoms with Crippen molar-refractivity contribution in [3.63, 3.8) is 0 Å². The Morgan fingerprint density at radius 1 is 1.08 bits per heavy atom. The van der Waals surface area contributed by atoms with Crippen LogP contribution < -0.4 is 19.5 Å². The molecule has 11 heteroatoms. The summed E-state index contributed by atoms with van der Waals surface area (Å²) in [5.41, 5.74) is 0.336. The third-order valence-corrected chi connectivity index (χ3v) is 5.14. The van der Waals surface area contributed by atoms with E-state index in [-0.39, 0.29) is 40.6 Å². The first-order valence-corrected chi connectivity index (χ1v) is 11.4. The zero-order valence-electron chi connectivity index (χ0n) is 21.0. The minimum absolute atomic E-state index is 0.0341. The minimum atomic E-state index is -0.654. The molecule has 0 aliphatic carbocycles. The normalized spacial score (nSPS) is 11.9. The van der Waals surface area contributed by atoms with Gasteiger partial charge in [-0.2, -0.15) is 4.98 Å². The Kier molecular flexibility index (Phi) is 8.57. The molecule has 1 N–H and O–H groups in total. The molecule has 2 heterocycles. The molecular formula is C25H29FN4O6. The number of rotatable bonds is 10. The van der Waals surface area contributed by atoms with Gasteiger partial charge in [-0.3, -0.25) is 9.59 Å². The fraction of sp³-hybridized carbons (Fsp3) is 0.400. The maximum absolute atomic E-state index is 13.8. The van der Waals surface area contributed by atoms with Gasteiger partial charge in [0.1, 0.15) is 0 Å². The van der Waals surface area contributed by atoms with Crippen molar-refractivity contribution in [2.75, 3.05) is 14.2 Å². The number of benzene rings is 1. The van der Waals surface area contributed by atoms with Gasteiger partial charge in [0.15, 0.2) is 28.8 Å². The highest BCUT2D eigenvalue weighted by Gasteiger charge is 2.28. The molecule has 0 aliphatic rings. The quantitative estimate of drug-likeness (QED) is 0.404. The van der Waals surface area contributed by atoms with Crippen molar-refractivity contribution in [3.8, 4) is 28.7 Å². The average molecular weight is 501 g/mol. The highest BCUT2D eigenvalue weighted by molar-refractivity contribution is 5.97. The predicted molar refractivity (Wildman–Crippen MR) is 127 cm³/mol. The molecule has 10 nitrogen and oxygen atoms in total. The summed E-state index contributed by atoms with van der Waals surface area (Å²) in [4.78, 5) is 34.1. The lowest BCUT2D eigenvalue weighted by Crippen LogP contribution is -2.31. The van der Waals surface area contributed by atoms with Crippen LogP contribution in [0.3, 0.4) is 0 Å². The number of esters is 1.